The van der Waals surface area contributed by atoms with Crippen LogP contribution in [0.4, 0.5) is 0 Å². The van der Waals surface area contributed by atoms with Crippen LogP contribution in [0.3, 0.4) is 0 Å². The minimum atomic E-state index is -0.794. The average molecular weight is 265 g/mol. The summed E-state index contributed by atoms with van der Waals surface area (Å²) in [5.74, 6) is -0.794. The maximum absolute atomic E-state index is 10.8. The molecule has 0 spiro atoms. The number of nitrogens with one attached hydrogen (secondary N) is 1. The molecule has 1 rings (SSSR count). The molecule has 0 aliphatic carbocycles. The first-order valence-corrected chi connectivity index (χ1v) is 6.85. The maximum Gasteiger partial charge on any atom is 0.305 e. The zero-order valence-corrected chi connectivity index (χ0v) is 11.5. The molecular formula is C15H23NO3. The van der Waals surface area contributed by atoms with E-state index >= 15 is 0 Å². The quantitative estimate of drug-likeness (QED) is 0.504. The molecule has 0 bridgehead atoms. The van der Waals surface area contributed by atoms with E-state index in [1.54, 1.807) is 0 Å². The van der Waals surface area contributed by atoms with Crippen molar-refractivity contribution < 1.29 is 14.7 Å². The monoisotopic (exact) mass is 265 g/mol. The van der Waals surface area contributed by atoms with Crippen molar-refractivity contribution >= 4 is 5.97 Å². The van der Waals surface area contributed by atoms with E-state index in [1.807, 2.05) is 30.3 Å². The molecule has 0 heterocycles. The number of carbonyl (C=O) groups is 1. The molecule has 1 aromatic carbocycles. The van der Waals surface area contributed by atoms with Crippen molar-refractivity contribution in [1.29, 1.82) is 0 Å². The molecule has 0 amide bonds. The smallest absolute Gasteiger partial charge is 0.305 e. The van der Waals surface area contributed by atoms with Gasteiger partial charge in [-0.05, 0) is 12.0 Å². The summed E-state index contributed by atoms with van der Waals surface area (Å²) in [6.45, 7) is 2.58. The highest BCUT2D eigenvalue weighted by Crippen LogP contribution is 2.08. The standard InChI is InChI=1S/C15H23NO3/c1-2-3-5-10-14(11-15(17)18)16-19-12-13-8-6-4-7-9-13/h4,6-9,14,16H,2-3,5,10-12H2,1H3,(H,17,18). The van der Waals surface area contributed by atoms with Crippen molar-refractivity contribution in [3.8, 4) is 0 Å². The fraction of sp³-hybridized carbons (Fsp3) is 0.533. The fourth-order valence-corrected chi connectivity index (χ4v) is 1.87. The molecule has 0 aliphatic rings. The van der Waals surface area contributed by atoms with Crippen LogP contribution in [0.1, 0.15) is 44.6 Å². The Kier molecular flexibility index (Phi) is 7.86. The van der Waals surface area contributed by atoms with E-state index in [0.717, 1.165) is 31.2 Å². The van der Waals surface area contributed by atoms with Gasteiger partial charge in [0.25, 0.3) is 0 Å². The number of aliphatic carboxylic acids is 1. The predicted octanol–water partition coefficient (Wildman–Crippen LogP) is 3.13. The summed E-state index contributed by atoms with van der Waals surface area (Å²) in [5.41, 5.74) is 3.94. The van der Waals surface area contributed by atoms with Crippen LogP contribution >= 0.6 is 0 Å². The van der Waals surface area contributed by atoms with E-state index in [1.165, 1.54) is 0 Å². The van der Waals surface area contributed by atoms with E-state index in [4.69, 9.17) is 9.94 Å². The summed E-state index contributed by atoms with van der Waals surface area (Å²) < 4.78 is 0. The predicted molar refractivity (Wildman–Crippen MR) is 74.5 cm³/mol. The van der Waals surface area contributed by atoms with Crippen LogP contribution in [-0.4, -0.2) is 17.1 Å². The summed E-state index contributed by atoms with van der Waals surface area (Å²) in [4.78, 5) is 16.2. The number of hydroxylamine groups is 1. The van der Waals surface area contributed by atoms with Crippen molar-refractivity contribution in [2.75, 3.05) is 0 Å². The lowest BCUT2D eigenvalue weighted by Crippen LogP contribution is -2.31. The zero-order chi connectivity index (χ0) is 13.9. The third-order valence-electron chi connectivity index (χ3n) is 2.91. The number of hydrogen-bond acceptors (Lipinski definition) is 3. The van der Waals surface area contributed by atoms with Gasteiger partial charge in [-0.15, -0.1) is 0 Å². The molecule has 2 N–H and O–H groups in total. The van der Waals surface area contributed by atoms with Crippen LogP contribution in [-0.2, 0) is 16.2 Å². The van der Waals surface area contributed by atoms with Gasteiger partial charge >= 0.3 is 5.97 Å². The van der Waals surface area contributed by atoms with E-state index in [-0.39, 0.29) is 12.5 Å². The van der Waals surface area contributed by atoms with Crippen LogP contribution in [0.15, 0.2) is 30.3 Å². The number of carboxylic acid groups (broad SMARTS) is 1. The van der Waals surface area contributed by atoms with Gasteiger partial charge in [-0.25, -0.2) is 0 Å². The molecule has 0 aromatic heterocycles. The van der Waals surface area contributed by atoms with Crippen molar-refractivity contribution in [2.24, 2.45) is 0 Å². The van der Waals surface area contributed by atoms with Crippen LogP contribution in [0.25, 0.3) is 0 Å². The Hall–Kier alpha value is -1.39. The number of benzene rings is 1. The van der Waals surface area contributed by atoms with Gasteiger partial charge in [0.15, 0.2) is 0 Å². The number of rotatable bonds is 10. The second-order valence-corrected chi connectivity index (χ2v) is 4.68. The van der Waals surface area contributed by atoms with E-state index < -0.39 is 5.97 Å². The Morgan fingerprint density at radius 3 is 2.68 bits per heavy atom. The van der Waals surface area contributed by atoms with Gasteiger partial charge in [0.2, 0.25) is 0 Å². The first-order valence-electron chi connectivity index (χ1n) is 6.85. The summed E-state index contributed by atoms with van der Waals surface area (Å²) in [6.07, 6.45) is 4.20. The van der Waals surface area contributed by atoms with E-state index in [9.17, 15) is 4.79 Å². The molecule has 0 fully saturated rings. The van der Waals surface area contributed by atoms with Gasteiger partial charge in [-0.3, -0.25) is 9.63 Å². The molecule has 0 radical (unpaired) electrons. The number of carboxylic acids is 1. The molecule has 4 heteroatoms. The Labute approximate surface area is 114 Å². The third kappa shape index (κ3) is 7.59. The summed E-state index contributed by atoms with van der Waals surface area (Å²) in [6, 6.07) is 9.70. The molecule has 1 unspecified atom stereocenters. The summed E-state index contributed by atoms with van der Waals surface area (Å²) >= 11 is 0. The molecule has 106 valence electrons. The molecular weight excluding hydrogens is 242 g/mol. The highest BCUT2D eigenvalue weighted by molar-refractivity contribution is 5.67. The van der Waals surface area contributed by atoms with Gasteiger partial charge < -0.3 is 5.11 Å². The molecule has 1 atom stereocenters. The maximum atomic E-state index is 10.8. The Bertz CT molecular complexity index is 354. The largest absolute Gasteiger partial charge is 0.481 e. The van der Waals surface area contributed by atoms with Gasteiger partial charge in [0, 0.05) is 6.04 Å². The minimum absolute atomic E-state index is 0.0957. The highest BCUT2D eigenvalue weighted by atomic mass is 16.6. The molecule has 0 saturated carbocycles. The SMILES string of the molecule is CCCCCC(CC(=O)O)NOCc1ccccc1. The second-order valence-electron chi connectivity index (χ2n) is 4.68. The van der Waals surface area contributed by atoms with Crippen molar-refractivity contribution in [1.82, 2.24) is 5.48 Å². The summed E-state index contributed by atoms with van der Waals surface area (Å²) in [7, 11) is 0. The van der Waals surface area contributed by atoms with Gasteiger partial charge in [0.05, 0.1) is 13.0 Å². The van der Waals surface area contributed by atoms with Gasteiger partial charge in [-0.2, -0.15) is 5.48 Å². The molecule has 0 aliphatic heterocycles. The lowest BCUT2D eigenvalue weighted by atomic mass is 10.1. The Morgan fingerprint density at radius 2 is 2.05 bits per heavy atom. The molecule has 1 aromatic rings. The number of unbranched alkanes of at least 4 members (excludes halogenated alkanes) is 2. The fourth-order valence-electron chi connectivity index (χ4n) is 1.87. The first kappa shape index (κ1) is 15.7. The van der Waals surface area contributed by atoms with Crippen molar-refractivity contribution in [3.05, 3.63) is 35.9 Å². The lowest BCUT2D eigenvalue weighted by molar-refractivity contribution is -0.138. The van der Waals surface area contributed by atoms with Crippen LogP contribution in [0, 0.1) is 0 Å². The van der Waals surface area contributed by atoms with E-state index in [0.29, 0.717) is 6.61 Å². The Balaban J connectivity index is 2.29. The second kappa shape index (κ2) is 9.53. The van der Waals surface area contributed by atoms with Crippen LogP contribution < -0.4 is 5.48 Å². The third-order valence-corrected chi connectivity index (χ3v) is 2.91. The summed E-state index contributed by atoms with van der Waals surface area (Å²) in [5, 5.41) is 8.86. The van der Waals surface area contributed by atoms with Crippen molar-refractivity contribution in [3.63, 3.8) is 0 Å². The van der Waals surface area contributed by atoms with E-state index in [2.05, 4.69) is 12.4 Å². The topological polar surface area (TPSA) is 58.6 Å². The number of hydrogen-bond donors (Lipinski definition) is 2. The molecule has 4 nitrogen and oxygen atoms in total. The first-order chi connectivity index (χ1) is 9.22. The minimum Gasteiger partial charge on any atom is -0.481 e. The zero-order valence-electron chi connectivity index (χ0n) is 11.5. The van der Waals surface area contributed by atoms with Gasteiger partial charge in [0.1, 0.15) is 0 Å². The normalized spacial score (nSPS) is 12.3. The lowest BCUT2D eigenvalue weighted by Gasteiger charge is -2.16. The molecule has 0 saturated heterocycles. The van der Waals surface area contributed by atoms with Crippen molar-refractivity contribution in [2.45, 2.75) is 51.7 Å². The highest BCUT2D eigenvalue weighted by Gasteiger charge is 2.12. The molecule has 19 heavy (non-hydrogen) atoms. The Morgan fingerprint density at radius 1 is 1.32 bits per heavy atom. The average Bonchev–Trinajstić information content (AvgIpc) is 2.39. The van der Waals surface area contributed by atoms with Crippen LogP contribution in [0.2, 0.25) is 0 Å². The van der Waals surface area contributed by atoms with Crippen LogP contribution in [0.5, 0.6) is 0 Å². The van der Waals surface area contributed by atoms with Gasteiger partial charge in [-0.1, -0.05) is 56.5 Å².